The van der Waals surface area contributed by atoms with E-state index >= 15 is 0 Å². The third-order valence-corrected chi connectivity index (χ3v) is 20.2. The number of rotatable bonds is 16. The maximum Gasteiger partial charge on any atom is 0.0877 e. The summed E-state index contributed by atoms with van der Waals surface area (Å²) in [6.07, 6.45) is 19.7. The molecule has 8 N–H and O–H groups in total. The van der Waals surface area contributed by atoms with Crippen LogP contribution < -0.4 is 0 Å². The summed E-state index contributed by atoms with van der Waals surface area (Å²) >= 11 is 0. The van der Waals surface area contributed by atoms with Gasteiger partial charge in [-0.2, -0.15) is 0 Å². The number of hydrogen-bond donors (Lipinski definition) is 8. The minimum Gasteiger partial charge on any atom is -0.513 e. The number of benzene rings is 8. The van der Waals surface area contributed by atoms with Crippen LogP contribution in [0.3, 0.4) is 0 Å². The van der Waals surface area contributed by atoms with Crippen molar-refractivity contribution in [3.05, 3.63) is 307 Å². The standard InChI is InChI=1S/2C27H34N.2C21H22N.4C5H10O2.4Ir/c1-18-11-19(2)13-21(12-18)25-24-15-20(16-26(3,4)5)14-22(17-27(6,7)8)23(24)9-10-28-25;1-18-11-19(2)13-21(12-18)25-24-14-20(15-26(3,4)5)9-10-23(24)22(17-28-25)16-27(6,7)8;1-5-16-12-18-7-8-22-21(20(18)13-17(16)6-2)19-10-14(3)9-15(4)11-19;1-5-16-7-8-19-20(12-16)17(6-2)13-22-21(19)18-10-14(3)9-15(4)11-18;4*1-4(6)3-5(2)7;;;;/h9-12,14-15H,16-17H2,1-8H3;9-12,14,17H,15-16H2,1-8H3;2*7-10,12-13H,5-6H2,1-4H3;4*3-4,6-7H,1-2H3;;;;/q4*-1;;;;;;;;. The Morgan fingerprint density at radius 1 is 0.295 bits per heavy atom. The molecule has 0 spiro atoms. The molecular formula is C116H152Ir4N4O8-4. The van der Waals surface area contributed by atoms with Gasteiger partial charge in [0.1, 0.15) is 0 Å². The van der Waals surface area contributed by atoms with Gasteiger partial charge >= 0.3 is 0 Å². The molecule has 132 heavy (non-hydrogen) atoms. The van der Waals surface area contributed by atoms with Crippen LogP contribution in [0.4, 0.5) is 0 Å². The molecule has 12 aromatic rings. The molecule has 0 fully saturated rings. The van der Waals surface area contributed by atoms with E-state index in [1.165, 1.54) is 162 Å². The summed E-state index contributed by atoms with van der Waals surface area (Å²) in [4.78, 5) is 19.2. The van der Waals surface area contributed by atoms with E-state index in [2.05, 4.69) is 323 Å². The SMILES string of the molecule is CC(O)=CC(C)O.CC(O)=CC(C)O.CC(O)=CC(C)O.CC(O)=CC(C)O.CCc1cc2ccnc(-c3[c-]c(C)cc(C)c3)c2cc1CC.CCc1ccc2c(-c3[c-]c(C)cc(C)c3)ncc(CC)c2c1.Cc1[c-]c(-c2ncc(CC(C)(C)C)c3ccc(CC(C)(C)C)cc23)cc(C)c1.Cc1[c-]c(-c2nccc3c(CC(C)(C)C)cc(CC(C)(C)C)cc23)cc(C)c1.[Ir].[Ir].[Ir].[Ir]. The minimum atomic E-state index is -0.537. The first kappa shape index (κ1) is 122. The zero-order valence-electron chi connectivity index (χ0n) is 84.8. The van der Waals surface area contributed by atoms with Crippen molar-refractivity contribution in [2.75, 3.05) is 0 Å². The van der Waals surface area contributed by atoms with Crippen LogP contribution in [0.5, 0.6) is 0 Å². The molecule has 4 atom stereocenters. The first-order valence-electron chi connectivity index (χ1n) is 45.4. The fraction of sp³-hybridized carbons (Fsp3) is 0.414. The van der Waals surface area contributed by atoms with Gasteiger partial charge < -0.3 is 60.8 Å². The zero-order valence-corrected chi connectivity index (χ0v) is 94.4. The molecule has 0 aliphatic carbocycles. The summed E-state index contributed by atoms with van der Waals surface area (Å²) in [6.45, 7) is 65.8. The van der Waals surface area contributed by atoms with Gasteiger partial charge in [-0.15, -0.1) is 140 Å². The Balaban J connectivity index is 0.000000795. The van der Waals surface area contributed by atoms with E-state index < -0.39 is 24.4 Å². The van der Waals surface area contributed by atoms with Crippen LogP contribution in [0.2, 0.25) is 0 Å². The van der Waals surface area contributed by atoms with Gasteiger partial charge in [-0.05, 0) is 275 Å². The second-order valence-electron chi connectivity index (χ2n) is 39.6. The summed E-state index contributed by atoms with van der Waals surface area (Å²) in [5, 5.41) is 77.9. The minimum absolute atomic E-state index is 0. The first-order valence-corrected chi connectivity index (χ1v) is 45.4. The molecular weight excluding hydrogens is 2350 g/mol. The molecule has 12 nitrogen and oxygen atoms in total. The van der Waals surface area contributed by atoms with Gasteiger partial charge in [0.2, 0.25) is 0 Å². The van der Waals surface area contributed by atoms with Crippen LogP contribution >= 0.6 is 0 Å². The van der Waals surface area contributed by atoms with Crippen LogP contribution in [0, 0.1) is 101 Å². The number of aliphatic hydroxyl groups excluding tert-OH is 8. The number of hydrogen-bond acceptors (Lipinski definition) is 12. The Morgan fingerprint density at radius 2 is 0.598 bits per heavy atom. The Hall–Kier alpha value is -8.00. The van der Waals surface area contributed by atoms with Crippen molar-refractivity contribution in [3.63, 3.8) is 0 Å². The van der Waals surface area contributed by atoms with Crippen LogP contribution in [0.15, 0.2) is 193 Å². The van der Waals surface area contributed by atoms with E-state index in [-0.39, 0.29) is 125 Å². The summed E-state index contributed by atoms with van der Waals surface area (Å²) < 4.78 is 0. The molecule has 0 saturated carbocycles. The Kier molecular flexibility index (Phi) is 52.2. The molecule has 8 aromatic carbocycles. The molecule has 0 bridgehead atoms. The molecule has 12 rings (SSSR count). The molecule has 4 heterocycles. The Morgan fingerprint density at radius 3 is 0.947 bits per heavy atom. The van der Waals surface area contributed by atoms with E-state index in [9.17, 15) is 0 Å². The number of aromatic nitrogens is 4. The maximum atomic E-state index is 8.49. The van der Waals surface area contributed by atoms with Crippen molar-refractivity contribution in [2.24, 2.45) is 21.7 Å². The third-order valence-electron chi connectivity index (χ3n) is 20.2. The van der Waals surface area contributed by atoms with Crippen molar-refractivity contribution in [1.82, 2.24) is 19.9 Å². The zero-order chi connectivity index (χ0) is 96.2. The van der Waals surface area contributed by atoms with Crippen molar-refractivity contribution in [2.45, 2.75) is 297 Å². The quantitative estimate of drug-likeness (QED) is 0.0335. The molecule has 0 aliphatic rings. The average molecular weight is 2500 g/mol. The third kappa shape index (κ3) is 42.9. The second-order valence-corrected chi connectivity index (χ2v) is 39.6. The van der Waals surface area contributed by atoms with Gasteiger partial charge in [0.15, 0.2) is 0 Å². The average Bonchev–Trinajstić information content (AvgIpc) is 0.784. The second kappa shape index (κ2) is 56.5. The summed E-state index contributed by atoms with van der Waals surface area (Å²) in [6, 6.07) is 58.8. The summed E-state index contributed by atoms with van der Waals surface area (Å²) in [5.41, 5.74) is 30.3. The molecule has 4 radical (unpaired) electrons. The smallest absolute Gasteiger partial charge is 0.0877 e. The molecule has 4 aromatic heterocycles. The molecule has 724 valence electrons. The Labute approximate surface area is 847 Å². The Bertz CT molecular complexity index is 5490. The number of allylic oxidation sites excluding steroid dienone is 4. The predicted octanol–water partition coefficient (Wildman–Crippen LogP) is 29.2. The molecule has 4 unspecified atom stereocenters. The van der Waals surface area contributed by atoms with Gasteiger partial charge in [-0.3, -0.25) is 0 Å². The topological polar surface area (TPSA) is 213 Å². The van der Waals surface area contributed by atoms with Crippen molar-refractivity contribution >= 4 is 43.1 Å². The fourth-order valence-electron chi connectivity index (χ4n) is 15.8. The molecule has 0 aliphatic heterocycles. The van der Waals surface area contributed by atoms with E-state index in [1.54, 1.807) is 27.7 Å². The fourth-order valence-corrected chi connectivity index (χ4v) is 15.8. The van der Waals surface area contributed by atoms with Crippen molar-refractivity contribution in [3.8, 4) is 45.0 Å². The summed E-state index contributed by atoms with van der Waals surface area (Å²) in [7, 11) is 0. The van der Waals surface area contributed by atoms with Gasteiger partial charge in [0.25, 0.3) is 0 Å². The molecule has 0 amide bonds. The van der Waals surface area contributed by atoms with Crippen LogP contribution in [-0.2, 0) is 132 Å². The molecule has 0 saturated heterocycles. The first-order chi connectivity index (χ1) is 59.6. The normalized spacial score (nSPS) is 12.6. The van der Waals surface area contributed by atoms with Crippen molar-refractivity contribution < 1.29 is 121 Å². The van der Waals surface area contributed by atoms with Gasteiger partial charge in [0.05, 0.1) is 47.5 Å². The van der Waals surface area contributed by atoms with Crippen LogP contribution in [-0.4, -0.2) is 85.2 Å². The number of fused-ring (bicyclic) bond motifs is 4. The monoisotopic (exact) mass is 2500 g/mol. The van der Waals surface area contributed by atoms with Gasteiger partial charge in [0, 0.05) is 105 Å². The van der Waals surface area contributed by atoms with Gasteiger partial charge in [-0.1, -0.05) is 227 Å². The van der Waals surface area contributed by atoms with E-state index in [0.29, 0.717) is 0 Å². The number of nitrogens with zero attached hydrogens (tertiary/aromatic N) is 4. The molecule has 16 heteroatoms. The number of pyridine rings is 4. The predicted molar refractivity (Wildman–Crippen MR) is 544 cm³/mol. The maximum absolute atomic E-state index is 8.49. The van der Waals surface area contributed by atoms with E-state index in [4.69, 9.17) is 55.8 Å². The van der Waals surface area contributed by atoms with E-state index in [1.807, 2.05) is 18.6 Å². The number of aryl methyl sites for hydroxylation is 12. The summed E-state index contributed by atoms with van der Waals surface area (Å²) in [5.74, 6) is 0.648. The van der Waals surface area contributed by atoms with E-state index in [0.717, 1.165) is 119 Å². The van der Waals surface area contributed by atoms with Crippen LogP contribution in [0.25, 0.3) is 88.1 Å². The largest absolute Gasteiger partial charge is 0.513 e. The van der Waals surface area contributed by atoms with Crippen LogP contribution in [0.1, 0.15) is 255 Å². The van der Waals surface area contributed by atoms with Gasteiger partial charge in [-0.25, -0.2) is 0 Å². The number of aliphatic hydroxyl groups is 8. The van der Waals surface area contributed by atoms with Crippen molar-refractivity contribution in [1.29, 1.82) is 0 Å².